The molecule has 86 valence electrons. The van der Waals surface area contributed by atoms with E-state index in [1.54, 1.807) is 10.9 Å². The molecule has 2 rings (SSSR count). The Balaban J connectivity index is 1.73. The number of nitrogens with one attached hydrogen (secondary N) is 1. The van der Waals surface area contributed by atoms with E-state index in [2.05, 4.69) is 21.7 Å². The van der Waals surface area contributed by atoms with E-state index in [1.807, 2.05) is 30.5 Å². The molecular formula is C12H13N5. The van der Waals surface area contributed by atoms with Crippen molar-refractivity contribution in [1.29, 1.82) is 5.26 Å². The minimum absolute atomic E-state index is 0.691. The molecule has 0 saturated carbocycles. The van der Waals surface area contributed by atoms with Crippen LogP contribution in [0, 0.1) is 11.3 Å². The molecule has 0 bridgehead atoms. The predicted octanol–water partition coefficient (Wildman–Crippen LogP) is 0.940. The molecule has 1 heterocycles. The lowest BCUT2D eigenvalue weighted by atomic mass is 10.1. The van der Waals surface area contributed by atoms with Crippen molar-refractivity contribution in [2.75, 3.05) is 6.54 Å². The molecule has 2 aromatic rings. The fraction of sp³-hybridized carbons (Fsp3) is 0.250. The fourth-order valence-corrected chi connectivity index (χ4v) is 1.48. The highest BCUT2D eigenvalue weighted by molar-refractivity contribution is 5.31. The van der Waals surface area contributed by atoms with Gasteiger partial charge in [-0.3, -0.25) is 4.68 Å². The van der Waals surface area contributed by atoms with Crippen LogP contribution in [0.25, 0.3) is 0 Å². The molecule has 0 aliphatic rings. The minimum Gasteiger partial charge on any atom is -0.311 e. The summed E-state index contributed by atoms with van der Waals surface area (Å²) in [6.07, 6.45) is 3.50. The van der Waals surface area contributed by atoms with Crippen LogP contribution in [0.2, 0.25) is 0 Å². The summed E-state index contributed by atoms with van der Waals surface area (Å²) in [6, 6.07) is 9.68. The van der Waals surface area contributed by atoms with Crippen LogP contribution in [0.5, 0.6) is 0 Å². The van der Waals surface area contributed by atoms with Gasteiger partial charge in [-0.25, -0.2) is 0 Å². The van der Waals surface area contributed by atoms with E-state index in [1.165, 1.54) is 5.56 Å². The summed E-state index contributed by atoms with van der Waals surface area (Å²) in [5.74, 6) is 0. The molecule has 1 aromatic carbocycles. The number of rotatable bonds is 5. The van der Waals surface area contributed by atoms with Gasteiger partial charge in [0.15, 0.2) is 0 Å². The Morgan fingerprint density at radius 3 is 2.76 bits per heavy atom. The Hall–Kier alpha value is -2.19. The van der Waals surface area contributed by atoms with Crippen molar-refractivity contribution >= 4 is 0 Å². The lowest BCUT2D eigenvalue weighted by Gasteiger charge is -2.04. The van der Waals surface area contributed by atoms with Crippen LogP contribution in [-0.2, 0) is 13.1 Å². The maximum Gasteiger partial charge on any atom is 0.0991 e. The second-order valence-corrected chi connectivity index (χ2v) is 3.65. The largest absolute Gasteiger partial charge is 0.311 e. The van der Waals surface area contributed by atoms with E-state index in [9.17, 15) is 0 Å². The molecule has 1 aromatic heterocycles. The van der Waals surface area contributed by atoms with Crippen molar-refractivity contribution in [2.24, 2.45) is 0 Å². The molecule has 0 saturated heterocycles. The molecule has 0 amide bonds. The summed E-state index contributed by atoms with van der Waals surface area (Å²) in [7, 11) is 0. The topological polar surface area (TPSA) is 66.5 Å². The predicted molar refractivity (Wildman–Crippen MR) is 62.9 cm³/mol. The fourth-order valence-electron chi connectivity index (χ4n) is 1.48. The van der Waals surface area contributed by atoms with Gasteiger partial charge in [0, 0.05) is 19.3 Å². The SMILES string of the molecule is N#Cc1ccc(CNCCn2ccnn2)cc1. The van der Waals surface area contributed by atoms with Gasteiger partial charge in [-0.05, 0) is 17.7 Å². The Morgan fingerprint density at radius 2 is 2.12 bits per heavy atom. The van der Waals surface area contributed by atoms with Gasteiger partial charge in [-0.15, -0.1) is 5.10 Å². The molecule has 0 fully saturated rings. The third-order valence-corrected chi connectivity index (χ3v) is 2.40. The quantitative estimate of drug-likeness (QED) is 0.772. The standard InChI is InChI=1S/C12H13N5/c13-9-11-1-3-12(4-2-11)10-14-5-7-17-8-6-15-16-17/h1-4,6,8,14H,5,7,10H2. The second-order valence-electron chi connectivity index (χ2n) is 3.65. The van der Waals surface area contributed by atoms with Gasteiger partial charge in [-0.1, -0.05) is 17.3 Å². The van der Waals surface area contributed by atoms with Crippen molar-refractivity contribution in [3.63, 3.8) is 0 Å². The summed E-state index contributed by atoms with van der Waals surface area (Å²) in [4.78, 5) is 0. The third kappa shape index (κ3) is 3.40. The second kappa shape index (κ2) is 5.77. The summed E-state index contributed by atoms with van der Waals surface area (Å²) in [5, 5.41) is 19.6. The number of aromatic nitrogens is 3. The van der Waals surface area contributed by atoms with Gasteiger partial charge in [0.2, 0.25) is 0 Å². The molecule has 17 heavy (non-hydrogen) atoms. The number of hydrogen-bond donors (Lipinski definition) is 1. The molecule has 0 radical (unpaired) electrons. The molecule has 0 atom stereocenters. The van der Waals surface area contributed by atoms with Crippen molar-refractivity contribution in [2.45, 2.75) is 13.1 Å². The number of benzene rings is 1. The van der Waals surface area contributed by atoms with Gasteiger partial charge < -0.3 is 5.32 Å². The summed E-state index contributed by atoms with van der Waals surface area (Å²) < 4.78 is 1.78. The first-order valence-corrected chi connectivity index (χ1v) is 5.42. The maximum atomic E-state index is 8.67. The van der Waals surface area contributed by atoms with Crippen LogP contribution in [0.3, 0.4) is 0 Å². The van der Waals surface area contributed by atoms with Gasteiger partial charge in [-0.2, -0.15) is 5.26 Å². The van der Waals surface area contributed by atoms with Crippen molar-refractivity contribution in [3.8, 4) is 6.07 Å². The summed E-state index contributed by atoms with van der Waals surface area (Å²) in [6.45, 7) is 2.43. The highest BCUT2D eigenvalue weighted by Crippen LogP contribution is 2.02. The van der Waals surface area contributed by atoms with Gasteiger partial charge in [0.05, 0.1) is 24.4 Å². The zero-order valence-corrected chi connectivity index (χ0v) is 9.37. The van der Waals surface area contributed by atoms with Crippen molar-refractivity contribution in [1.82, 2.24) is 20.3 Å². The first kappa shape index (κ1) is 11.3. The Labute approximate surface area is 99.7 Å². The molecule has 0 spiro atoms. The van der Waals surface area contributed by atoms with Gasteiger partial charge in [0.25, 0.3) is 0 Å². The summed E-state index contributed by atoms with van der Waals surface area (Å²) >= 11 is 0. The smallest absolute Gasteiger partial charge is 0.0991 e. The monoisotopic (exact) mass is 227 g/mol. The molecule has 0 aliphatic carbocycles. The van der Waals surface area contributed by atoms with Crippen LogP contribution >= 0.6 is 0 Å². The Bertz CT molecular complexity index is 481. The van der Waals surface area contributed by atoms with Gasteiger partial charge in [0.1, 0.15) is 0 Å². The molecule has 5 nitrogen and oxygen atoms in total. The number of nitrogens with zero attached hydrogens (tertiary/aromatic N) is 4. The molecule has 0 unspecified atom stereocenters. The molecule has 0 aliphatic heterocycles. The number of hydrogen-bond acceptors (Lipinski definition) is 4. The van der Waals surface area contributed by atoms with E-state index in [-0.39, 0.29) is 0 Å². The van der Waals surface area contributed by atoms with Crippen LogP contribution in [0.1, 0.15) is 11.1 Å². The first-order valence-electron chi connectivity index (χ1n) is 5.42. The van der Waals surface area contributed by atoms with E-state index < -0.39 is 0 Å². The van der Waals surface area contributed by atoms with Crippen molar-refractivity contribution < 1.29 is 0 Å². The lowest BCUT2D eigenvalue weighted by molar-refractivity contribution is 0.540. The lowest BCUT2D eigenvalue weighted by Crippen LogP contribution is -2.19. The van der Waals surface area contributed by atoms with E-state index in [0.29, 0.717) is 5.56 Å². The number of nitriles is 1. The zero-order chi connectivity index (χ0) is 11.9. The average Bonchev–Trinajstić information content (AvgIpc) is 2.88. The average molecular weight is 227 g/mol. The van der Waals surface area contributed by atoms with Crippen molar-refractivity contribution in [3.05, 3.63) is 47.8 Å². The van der Waals surface area contributed by atoms with E-state index in [0.717, 1.165) is 19.6 Å². The highest BCUT2D eigenvalue weighted by atomic mass is 15.4. The van der Waals surface area contributed by atoms with Crippen LogP contribution in [0.4, 0.5) is 0 Å². The minimum atomic E-state index is 0.691. The Kier molecular flexibility index (Phi) is 3.84. The maximum absolute atomic E-state index is 8.67. The highest BCUT2D eigenvalue weighted by Gasteiger charge is 1.94. The molecule has 1 N–H and O–H groups in total. The van der Waals surface area contributed by atoms with Crippen LogP contribution < -0.4 is 5.32 Å². The van der Waals surface area contributed by atoms with Crippen LogP contribution in [0.15, 0.2) is 36.7 Å². The van der Waals surface area contributed by atoms with Crippen LogP contribution in [-0.4, -0.2) is 21.5 Å². The first-order chi connectivity index (χ1) is 8.38. The zero-order valence-electron chi connectivity index (χ0n) is 9.37. The van der Waals surface area contributed by atoms with E-state index >= 15 is 0 Å². The summed E-state index contributed by atoms with van der Waals surface area (Å²) in [5.41, 5.74) is 1.86. The Morgan fingerprint density at radius 1 is 1.29 bits per heavy atom. The third-order valence-electron chi connectivity index (χ3n) is 2.40. The van der Waals surface area contributed by atoms with Gasteiger partial charge >= 0.3 is 0 Å². The van der Waals surface area contributed by atoms with E-state index in [4.69, 9.17) is 5.26 Å². The molecular weight excluding hydrogens is 214 g/mol. The normalized spacial score (nSPS) is 10.1. The molecule has 5 heteroatoms.